The second kappa shape index (κ2) is 8.85. The lowest BCUT2D eigenvalue weighted by molar-refractivity contribution is -0.120. The Morgan fingerprint density at radius 1 is 1.12 bits per heavy atom. The third kappa shape index (κ3) is 5.19. The molecule has 136 valence electrons. The molecule has 2 fully saturated rings. The molecule has 6 nitrogen and oxygen atoms in total. The van der Waals surface area contributed by atoms with E-state index < -0.39 is 0 Å². The van der Waals surface area contributed by atoms with Gasteiger partial charge in [0.05, 0.1) is 0 Å². The fourth-order valence-corrected chi connectivity index (χ4v) is 3.62. The molecule has 3 amide bonds. The summed E-state index contributed by atoms with van der Waals surface area (Å²) in [6.07, 6.45) is 2.75. The van der Waals surface area contributed by atoms with Crippen molar-refractivity contribution in [1.82, 2.24) is 20.4 Å². The van der Waals surface area contributed by atoms with Crippen molar-refractivity contribution < 1.29 is 9.59 Å². The standard InChI is InChI=1S/C19H28N4O2/c24-18-8-13-23(15-10-20-18)19(25)21-9-14-22-11-6-17(7-12-22)16-4-2-1-3-5-16/h1-5,17H,6-15H2,(H,20,24)(H,21,25). The van der Waals surface area contributed by atoms with Crippen LogP contribution in [0.5, 0.6) is 0 Å². The van der Waals surface area contributed by atoms with Gasteiger partial charge >= 0.3 is 6.03 Å². The van der Waals surface area contributed by atoms with E-state index in [1.807, 2.05) is 0 Å². The van der Waals surface area contributed by atoms with Crippen LogP contribution in [0, 0.1) is 0 Å². The number of nitrogens with zero attached hydrogens (tertiary/aromatic N) is 2. The second-order valence-corrected chi connectivity index (χ2v) is 6.85. The molecule has 2 aliphatic rings. The molecule has 0 bridgehead atoms. The lowest BCUT2D eigenvalue weighted by atomic mass is 9.89. The lowest BCUT2D eigenvalue weighted by Crippen LogP contribution is -2.45. The van der Waals surface area contributed by atoms with Crippen molar-refractivity contribution in [1.29, 1.82) is 0 Å². The molecular weight excluding hydrogens is 316 g/mol. The van der Waals surface area contributed by atoms with Crippen LogP contribution in [0.15, 0.2) is 30.3 Å². The molecular formula is C19H28N4O2. The topological polar surface area (TPSA) is 64.7 Å². The first-order valence-corrected chi connectivity index (χ1v) is 9.29. The summed E-state index contributed by atoms with van der Waals surface area (Å²) in [4.78, 5) is 27.7. The lowest BCUT2D eigenvalue weighted by Gasteiger charge is -2.32. The smallest absolute Gasteiger partial charge is 0.317 e. The van der Waals surface area contributed by atoms with Crippen LogP contribution in [0.4, 0.5) is 4.79 Å². The fraction of sp³-hybridized carbons (Fsp3) is 0.579. The van der Waals surface area contributed by atoms with E-state index in [9.17, 15) is 9.59 Å². The van der Waals surface area contributed by atoms with Crippen molar-refractivity contribution in [3.63, 3.8) is 0 Å². The first-order valence-electron chi connectivity index (χ1n) is 9.29. The summed E-state index contributed by atoms with van der Waals surface area (Å²) in [5, 5.41) is 5.78. The number of piperidine rings is 1. The highest BCUT2D eigenvalue weighted by molar-refractivity contribution is 5.79. The summed E-state index contributed by atoms with van der Waals surface area (Å²) in [5.41, 5.74) is 1.44. The van der Waals surface area contributed by atoms with Gasteiger partial charge in [-0.05, 0) is 37.4 Å². The molecule has 0 saturated carbocycles. The van der Waals surface area contributed by atoms with Gasteiger partial charge in [0.2, 0.25) is 5.91 Å². The summed E-state index contributed by atoms with van der Waals surface area (Å²) < 4.78 is 0. The van der Waals surface area contributed by atoms with E-state index >= 15 is 0 Å². The average Bonchev–Trinajstić information content (AvgIpc) is 2.87. The van der Waals surface area contributed by atoms with Crippen molar-refractivity contribution in [2.45, 2.75) is 25.2 Å². The number of rotatable bonds is 4. The molecule has 0 spiro atoms. The summed E-state index contributed by atoms with van der Waals surface area (Å²) in [7, 11) is 0. The molecule has 25 heavy (non-hydrogen) atoms. The van der Waals surface area contributed by atoms with Gasteiger partial charge in [-0.1, -0.05) is 30.3 Å². The number of likely N-dealkylation sites (tertiary alicyclic amines) is 1. The van der Waals surface area contributed by atoms with E-state index in [1.165, 1.54) is 18.4 Å². The molecule has 6 heteroatoms. The summed E-state index contributed by atoms with van der Waals surface area (Å²) in [5.74, 6) is 0.686. The minimum atomic E-state index is -0.0596. The predicted octanol–water partition coefficient (Wildman–Crippen LogP) is 1.40. The molecule has 0 radical (unpaired) electrons. The quantitative estimate of drug-likeness (QED) is 0.868. The number of carbonyl (C=O) groups is 2. The van der Waals surface area contributed by atoms with Crippen molar-refractivity contribution in [2.24, 2.45) is 0 Å². The van der Waals surface area contributed by atoms with Gasteiger partial charge in [0.15, 0.2) is 0 Å². The zero-order chi connectivity index (χ0) is 17.5. The average molecular weight is 344 g/mol. The summed E-state index contributed by atoms with van der Waals surface area (Å²) in [6.45, 7) is 5.33. The Morgan fingerprint density at radius 3 is 2.64 bits per heavy atom. The maximum Gasteiger partial charge on any atom is 0.317 e. The summed E-state index contributed by atoms with van der Waals surface area (Å²) >= 11 is 0. The van der Waals surface area contributed by atoms with Crippen LogP contribution < -0.4 is 10.6 Å². The molecule has 0 unspecified atom stereocenters. The van der Waals surface area contributed by atoms with Gasteiger partial charge in [0.1, 0.15) is 0 Å². The molecule has 2 aliphatic heterocycles. The van der Waals surface area contributed by atoms with Crippen molar-refractivity contribution in [3.05, 3.63) is 35.9 Å². The highest BCUT2D eigenvalue weighted by Crippen LogP contribution is 2.27. The van der Waals surface area contributed by atoms with E-state index in [0.717, 1.165) is 19.6 Å². The Bertz CT molecular complexity index is 570. The Hall–Kier alpha value is -2.08. The van der Waals surface area contributed by atoms with Crippen LogP contribution in [-0.4, -0.2) is 67.6 Å². The Balaban J connectivity index is 1.34. The molecule has 2 heterocycles. The largest absolute Gasteiger partial charge is 0.354 e. The predicted molar refractivity (Wildman–Crippen MR) is 97.5 cm³/mol. The van der Waals surface area contributed by atoms with Crippen molar-refractivity contribution in [2.75, 3.05) is 45.8 Å². The molecule has 0 aliphatic carbocycles. The number of urea groups is 1. The minimum Gasteiger partial charge on any atom is -0.354 e. The Labute approximate surface area is 149 Å². The third-order valence-corrected chi connectivity index (χ3v) is 5.16. The number of amides is 3. The van der Waals surface area contributed by atoms with Crippen LogP contribution in [-0.2, 0) is 4.79 Å². The highest BCUT2D eigenvalue weighted by atomic mass is 16.2. The molecule has 0 aromatic heterocycles. The fourth-order valence-electron chi connectivity index (χ4n) is 3.62. The van der Waals surface area contributed by atoms with Crippen molar-refractivity contribution in [3.8, 4) is 0 Å². The van der Waals surface area contributed by atoms with Gasteiger partial charge in [-0.3, -0.25) is 4.79 Å². The van der Waals surface area contributed by atoms with E-state index in [2.05, 4.69) is 45.9 Å². The molecule has 1 aromatic carbocycles. The maximum atomic E-state index is 12.2. The first kappa shape index (κ1) is 17.7. The normalized spacial score (nSPS) is 20.0. The number of carbonyl (C=O) groups excluding carboxylic acids is 2. The van der Waals surface area contributed by atoms with E-state index in [-0.39, 0.29) is 11.9 Å². The Kier molecular flexibility index (Phi) is 6.28. The highest BCUT2D eigenvalue weighted by Gasteiger charge is 2.21. The van der Waals surface area contributed by atoms with Gasteiger partial charge in [-0.15, -0.1) is 0 Å². The van der Waals surface area contributed by atoms with Gasteiger partial charge in [0, 0.05) is 39.1 Å². The molecule has 3 rings (SSSR count). The Morgan fingerprint density at radius 2 is 1.88 bits per heavy atom. The van der Waals surface area contributed by atoms with Crippen molar-refractivity contribution >= 4 is 11.9 Å². The SMILES string of the molecule is O=C1CCN(C(=O)NCCN2CCC(c3ccccc3)CC2)CCN1. The maximum absolute atomic E-state index is 12.2. The molecule has 1 aromatic rings. The number of hydrogen-bond donors (Lipinski definition) is 2. The van der Waals surface area contributed by atoms with Gasteiger partial charge in [0.25, 0.3) is 0 Å². The van der Waals surface area contributed by atoms with Crippen LogP contribution >= 0.6 is 0 Å². The van der Waals surface area contributed by atoms with E-state index in [4.69, 9.17) is 0 Å². The summed E-state index contributed by atoms with van der Waals surface area (Å²) in [6, 6.07) is 10.7. The van der Waals surface area contributed by atoms with E-state index in [0.29, 0.717) is 38.5 Å². The van der Waals surface area contributed by atoms with Gasteiger partial charge in [-0.2, -0.15) is 0 Å². The first-order chi connectivity index (χ1) is 12.2. The number of nitrogens with one attached hydrogen (secondary N) is 2. The van der Waals surface area contributed by atoms with Crippen LogP contribution in [0.1, 0.15) is 30.7 Å². The minimum absolute atomic E-state index is 0.0246. The van der Waals surface area contributed by atoms with Gasteiger partial charge in [-0.25, -0.2) is 4.79 Å². The number of hydrogen-bond acceptors (Lipinski definition) is 3. The number of benzene rings is 1. The van der Waals surface area contributed by atoms with Crippen LogP contribution in [0.2, 0.25) is 0 Å². The monoisotopic (exact) mass is 344 g/mol. The molecule has 2 saturated heterocycles. The molecule has 0 atom stereocenters. The van der Waals surface area contributed by atoms with Crippen LogP contribution in [0.25, 0.3) is 0 Å². The van der Waals surface area contributed by atoms with Crippen LogP contribution in [0.3, 0.4) is 0 Å². The third-order valence-electron chi connectivity index (χ3n) is 5.16. The van der Waals surface area contributed by atoms with E-state index in [1.54, 1.807) is 4.90 Å². The zero-order valence-corrected chi connectivity index (χ0v) is 14.7. The second-order valence-electron chi connectivity index (χ2n) is 6.85. The zero-order valence-electron chi connectivity index (χ0n) is 14.7. The molecule has 2 N–H and O–H groups in total. The van der Waals surface area contributed by atoms with Gasteiger partial charge < -0.3 is 20.4 Å².